The number of benzene rings is 2. The zero-order valence-corrected chi connectivity index (χ0v) is 19.8. The Morgan fingerprint density at radius 3 is 2.12 bits per heavy atom. The highest BCUT2D eigenvalue weighted by Gasteiger charge is 2.17. The highest BCUT2D eigenvalue weighted by molar-refractivity contribution is 7.94. The first kappa shape index (κ1) is 24.7. The standard InChI is InChI=1S/C19H17ClN4O6S3/c20-14-5-9-16(10-6-14)32(27,28)21-12-17(25)22-23-19(26)13-3-7-15(8-4-13)24-33(29,30)18-2-1-11-31-18/h1-11,21,24H,12H2,(H,22,25)(H,23,26). The summed E-state index contributed by atoms with van der Waals surface area (Å²) in [5, 5.41) is 2.00. The first-order chi connectivity index (χ1) is 15.6. The molecular weight excluding hydrogens is 512 g/mol. The molecule has 1 aromatic heterocycles. The number of amides is 2. The summed E-state index contributed by atoms with van der Waals surface area (Å²) in [5.74, 6) is -1.49. The first-order valence-corrected chi connectivity index (χ1v) is 13.3. The molecule has 14 heteroatoms. The van der Waals surface area contributed by atoms with Gasteiger partial charge in [0.25, 0.3) is 21.8 Å². The van der Waals surface area contributed by atoms with E-state index in [1.807, 2.05) is 0 Å². The summed E-state index contributed by atoms with van der Waals surface area (Å²) in [6, 6.07) is 13.9. The lowest BCUT2D eigenvalue weighted by molar-refractivity contribution is -0.120. The van der Waals surface area contributed by atoms with Gasteiger partial charge >= 0.3 is 0 Å². The van der Waals surface area contributed by atoms with Crippen molar-refractivity contribution in [2.24, 2.45) is 0 Å². The van der Waals surface area contributed by atoms with Crippen molar-refractivity contribution in [3.05, 3.63) is 76.6 Å². The van der Waals surface area contributed by atoms with Gasteiger partial charge in [0.05, 0.1) is 11.4 Å². The van der Waals surface area contributed by atoms with Gasteiger partial charge in [-0.15, -0.1) is 11.3 Å². The molecule has 0 saturated heterocycles. The third kappa shape index (κ3) is 6.76. The van der Waals surface area contributed by atoms with Gasteiger partial charge in [0, 0.05) is 16.3 Å². The summed E-state index contributed by atoms with van der Waals surface area (Å²) in [5.41, 5.74) is 4.62. The number of sulfonamides is 2. The van der Waals surface area contributed by atoms with Gasteiger partial charge in [-0.3, -0.25) is 25.2 Å². The molecule has 2 aromatic carbocycles. The van der Waals surface area contributed by atoms with Crippen molar-refractivity contribution in [2.45, 2.75) is 9.10 Å². The van der Waals surface area contributed by atoms with Crippen LogP contribution in [0.5, 0.6) is 0 Å². The Morgan fingerprint density at radius 2 is 1.52 bits per heavy atom. The molecule has 0 fully saturated rings. The molecule has 0 bridgehead atoms. The summed E-state index contributed by atoms with van der Waals surface area (Å²) in [7, 11) is -7.65. The lowest BCUT2D eigenvalue weighted by atomic mass is 10.2. The van der Waals surface area contributed by atoms with E-state index in [2.05, 4.69) is 20.3 Å². The molecule has 0 radical (unpaired) electrons. The molecule has 3 aromatic rings. The molecule has 0 aliphatic carbocycles. The quantitative estimate of drug-likeness (QED) is 0.328. The average molecular weight is 529 g/mol. The molecule has 3 rings (SSSR count). The number of carbonyl (C=O) groups excluding carboxylic acids is 2. The molecule has 0 unspecified atom stereocenters. The predicted octanol–water partition coefficient (Wildman–Crippen LogP) is 1.94. The maximum absolute atomic E-state index is 12.2. The largest absolute Gasteiger partial charge is 0.279 e. The molecule has 0 spiro atoms. The molecule has 2 amide bonds. The van der Waals surface area contributed by atoms with Gasteiger partial charge in [-0.1, -0.05) is 17.7 Å². The van der Waals surface area contributed by atoms with Gasteiger partial charge in [0.1, 0.15) is 4.21 Å². The van der Waals surface area contributed by atoms with Crippen LogP contribution in [-0.2, 0) is 24.8 Å². The number of rotatable bonds is 8. The second-order valence-electron chi connectivity index (χ2n) is 6.40. The van der Waals surface area contributed by atoms with E-state index in [1.165, 1.54) is 54.6 Å². The van der Waals surface area contributed by atoms with Gasteiger partial charge in [0.15, 0.2) is 0 Å². The Hall–Kier alpha value is -2.97. The maximum Gasteiger partial charge on any atom is 0.271 e. The maximum atomic E-state index is 12.2. The summed E-state index contributed by atoms with van der Waals surface area (Å²) in [4.78, 5) is 24.0. The van der Waals surface area contributed by atoms with Crippen LogP contribution in [-0.4, -0.2) is 35.2 Å². The van der Waals surface area contributed by atoms with Crippen LogP contribution in [0.3, 0.4) is 0 Å². The van der Waals surface area contributed by atoms with Crippen LogP contribution < -0.4 is 20.3 Å². The Kier molecular flexibility index (Phi) is 7.71. The molecule has 0 aliphatic heterocycles. The summed E-state index contributed by atoms with van der Waals surface area (Å²) in [6.07, 6.45) is 0. The van der Waals surface area contributed by atoms with Crippen molar-refractivity contribution in [1.82, 2.24) is 15.6 Å². The number of nitrogens with one attached hydrogen (secondary N) is 4. The van der Waals surface area contributed by atoms with E-state index in [-0.39, 0.29) is 20.4 Å². The first-order valence-electron chi connectivity index (χ1n) is 9.08. The third-order valence-electron chi connectivity index (χ3n) is 4.02. The van der Waals surface area contributed by atoms with Crippen LogP contribution in [0.25, 0.3) is 0 Å². The number of carbonyl (C=O) groups is 2. The van der Waals surface area contributed by atoms with E-state index in [0.29, 0.717) is 5.02 Å². The Labute approximate surface area is 199 Å². The van der Waals surface area contributed by atoms with Crippen molar-refractivity contribution in [3.8, 4) is 0 Å². The van der Waals surface area contributed by atoms with Crippen LogP contribution in [0.4, 0.5) is 5.69 Å². The molecule has 174 valence electrons. The minimum Gasteiger partial charge on any atom is -0.279 e. The van der Waals surface area contributed by atoms with Gasteiger partial charge < -0.3 is 0 Å². The summed E-state index contributed by atoms with van der Waals surface area (Å²) >= 11 is 6.79. The fourth-order valence-electron chi connectivity index (χ4n) is 2.41. The zero-order valence-electron chi connectivity index (χ0n) is 16.6. The van der Waals surface area contributed by atoms with Gasteiger partial charge in [-0.05, 0) is 60.0 Å². The third-order valence-corrected chi connectivity index (χ3v) is 8.47. The van der Waals surface area contributed by atoms with Crippen molar-refractivity contribution >= 4 is 60.5 Å². The summed E-state index contributed by atoms with van der Waals surface area (Å²) < 4.78 is 53.4. The molecular formula is C19H17ClN4O6S3. The Bertz CT molecular complexity index is 1340. The van der Waals surface area contributed by atoms with Crippen LogP contribution >= 0.6 is 22.9 Å². The van der Waals surface area contributed by atoms with E-state index in [4.69, 9.17) is 11.6 Å². The van der Waals surface area contributed by atoms with E-state index >= 15 is 0 Å². The lowest BCUT2D eigenvalue weighted by Gasteiger charge is -2.10. The highest BCUT2D eigenvalue weighted by Crippen LogP contribution is 2.20. The predicted molar refractivity (Wildman–Crippen MR) is 124 cm³/mol. The number of hydrogen-bond donors (Lipinski definition) is 4. The van der Waals surface area contributed by atoms with Crippen LogP contribution in [0.15, 0.2) is 75.1 Å². The number of hydrogen-bond acceptors (Lipinski definition) is 7. The second-order valence-corrected chi connectivity index (χ2v) is 11.5. The minimum atomic E-state index is -3.94. The topological polar surface area (TPSA) is 151 Å². The second kappa shape index (κ2) is 10.3. The molecule has 0 atom stereocenters. The molecule has 0 aliphatic rings. The van der Waals surface area contributed by atoms with Crippen molar-refractivity contribution in [3.63, 3.8) is 0 Å². The average Bonchev–Trinajstić information content (AvgIpc) is 3.33. The fraction of sp³-hybridized carbons (Fsp3) is 0.0526. The van der Waals surface area contributed by atoms with Gasteiger partial charge in [0.2, 0.25) is 10.0 Å². The van der Waals surface area contributed by atoms with E-state index in [0.717, 1.165) is 11.3 Å². The Morgan fingerprint density at radius 1 is 0.848 bits per heavy atom. The van der Waals surface area contributed by atoms with E-state index < -0.39 is 38.4 Å². The smallest absolute Gasteiger partial charge is 0.271 e. The zero-order chi connectivity index (χ0) is 24.1. The van der Waals surface area contributed by atoms with Gasteiger partial charge in [-0.25, -0.2) is 21.6 Å². The minimum absolute atomic E-state index is 0.0708. The number of thiophene rings is 1. The fourth-order valence-corrected chi connectivity index (χ4v) is 5.57. The summed E-state index contributed by atoms with van der Waals surface area (Å²) in [6.45, 7) is -0.616. The SMILES string of the molecule is O=C(CNS(=O)(=O)c1ccc(Cl)cc1)NNC(=O)c1ccc(NS(=O)(=O)c2cccs2)cc1. The molecule has 10 nitrogen and oxygen atoms in total. The van der Waals surface area contributed by atoms with Crippen molar-refractivity contribution in [2.75, 3.05) is 11.3 Å². The molecule has 0 saturated carbocycles. The highest BCUT2D eigenvalue weighted by atomic mass is 35.5. The Balaban J connectivity index is 1.50. The van der Waals surface area contributed by atoms with Crippen LogP contribution in [0.1, 0.15) is 10.4 Å². The molecule has 1 heterocycles. The number of halogens is 1. The number of hydrazine groups is 1. The van der Waals surface area contributed by atoms with Gasteiger partial charge in [-0.2, -0.15) is 0 Å². The number of anilines is 1. The van der Waals surface area contributed by atoms with Crippen molar-refractivity contribution in [1.29, 1.82) is 0 Å². The van der Waals surface area contributed by atoms with Crippen LogP contribution in [0, 0.1) is 0 Å². The molecule has 33 heavy (non-hydrogen) atoms. The van der Waals surface area contributed by atoms with Crippen molar-refractivity contribution < 1.29 is 26.4 Å². The van der Waals surface area contributed by atoms with E-state index in [1.54, 1.807) is 11.4 Å². The lowest BCUT2D eigenvalue weighted by Crippen LogP contribution is -2.46. The van der Waals surface area contributed by atoms with Crippen LogP contribution in [0.2, 0.25) is 5.02 Å². The molecule has 4 N–H and O–H groups in total. The van der Waals surface area contributed by atoms with E-state index in [9.17, 15) is 26.4 Å². The normalized spacial score (nSPS) is 11.5. The monoisotopic (exact) mass is 528 g/mol.